The summed E-state index contributed by atoms with van der Waals surface area (Å²) in [6.45, 7) is 0. The lowest BCUT2D eigenvalue weighted by Gasteiger charge is -2.16. The number of fused-ring (bicyclic) bond motifs is 1. The Kier molecular flexibility index (Phi) is 8.08. The predicted molar refractivity (Wildman–Crippen MR) is 117 cm³/mol. The van der Waals surface area contributed by atoms with Gasteiger partial charge in [0, 0.05) is 17.4 Å². The Morgan fingerprint density at radius 2 is 2.31 bits per heavy atom. The zero-order chi connectivity index (χ0) is 18.2. The maximum Gasteiger partial charge on any atom is 0.220 e. The van der Waals surface area contributed by atoms with Crippen LogP contribution in [0.3, 0.4) is 0 Å². The quantitative estimate of drug-likeness (QED) is 0.418. The Balaban J connectivity index is 1.50. The number of carbonyl (C=O) groups is 1. The first-order valence-corrected chi connectivity index (χ1v) is 13.0. The average Bonchev–Trinajstić information content (AvgIpc) is 3.31. The van der Waals surface area contributed by atoms with Gasteiger partial charge in [0.15, 0.2) is 0 Å². The van der Waals surface area contributed by atoms with Gasteiger partial charge in [0.1, 0.15) is 5.82 Å². The monoisotopic (exact) mass is 409 g/mol. The molecule has 7 heteroatoms. The number of hydrogen-bond donors (Lipinski definition) is 2. The van der Waals surface area contributed by atoms with Gasteiger partial charge in [0.05, 0.1) is 17.1 Å². The fourth-order valence-electron chi connectivity index (χ4n) is 3.14. The summed E-state index contributed by atoms with van der Waals surface area (Å²) in [5.41, 5.74) is 1.98. The topological polar surface area (TPSA) is 57.8 Å². The maximum absolute atomic E-state index is 12.4. The Morgan fingerprint density at radius 1 is 1.42 bits per heavy atom. The zero-order valence-corrected chi connectivity index (χ0v) is 17.7. The summed E-state index contributed by atoms with van der Waals surface area (Å²) in [6, 6.07) is 7.98. The molecule has 3 rings (SSSR count). The fraction of sp³-hybridized carbons (Fsp3) is 0.579. The molecule has 1 aliphatic rings. The third-order valence-corrected chi connectivity index (χ3v) is 8.24. The summed E-state index contributed by atoms with van der Waals surface area (Å²) in [5, 5.41) is 4.00. The number of aromatic amines is 1. The largest absolute Gasteiger partial charge is 0.346 e. The SMILES string of the molecule is CSCC[C@H](NC(=O)CCCC[C@@H]1CCSS1)c1nc2ccccc2[nH]1. The van der Waals surface area contributed by atoms with E-state index < -0.39 is 0 Å². The number of H-pyrrole nitrogens is 1. The number of nitrogens with zero attached hydrogens (tertiary/aromatic N) is 1. The van der Waals surface area contributed by atoms with Crippen molar-refractivity contribution in [2.24, 2.45) is 0 Å². The molecule has 2 aromatic rings. The van der Waals surface area contributed by atoms with E-state index in [2.05, 4.69) is 21.5 Å². The minimum absolute atomic E-state index is 0.0378. The van der Waals surface area contributed by atoms with Gasteiger partial charge in [-0.1, -0.05) is 40.1 Å². The first-order chi connectivity index (χ1) is 12.8. The van der Waals surface area contributed by atoms with E-state index in [9.17, 15) is 4.79 Å². The minimum Gasteiger partial charge on any atom is -0.346 e. The minimum atomic E-state index is -0.0378. The molecule has 26 heavy (non-hydrogen) atoms. The van der Waals surface area contributed by atoms with Gasteiger partial charge in [-0.05, 0) is 49.8 Å². The molecule has 142 valence electrons. The van der Waals surface area contributed by atoms with E-state index in [0.29, 0.717) is 6.42 Å². The van der Waals surface area contributed by atoms with Crippen LogP contribution in [0.4, 0.5) is 0 Å². The number of hydrogen-bond acceptors (Lipinski definition) is 5. The van der Waals surface area contributed by atoms with Crippen molar-refractivity contribution in [3.63, 3.8) is 0 Å². The van der Waals surface area contributed by atoms with Gasteiger partial charge < -0.3 is 10.3 Å². The van der Waals surface area contributed by atoms with Gasteiger partial charge in [-0.3, -0.25) is 4.79 Å². The maximum atomic E-state index is 12.4. The molecule has 2 atom stereocenters. The Hall–Kier alpha value is -0.790. The molecular formula is C19H27N3OS3. The van der Waals surface area contributed by atoms with Crippen molar-refractivity contribution in [1.29, 1.82) is 0 Å². The van der Waals surface area contributed by atoms with Gasteiger partial charge in [-0.2, -0.15) is 11.8 Å². The van der Waals surface area contributed by atoms with E-state index in [1.807, 2.05) is 45.9 Å². The standard InChI is InChI=1S/C19H27N3OS3/c1-24-12-11-17(19-21-15-7-3-4-8-16(15)22-19)20-18(23)9-5-2-6-14-10-13-25-26-14/h3-4,7-8,14,17H,2,5-6,9-13H2,1H3,(H,20,23)(H,21,22)/t14-,17+/m1/s1. The van der Waals surface area contributed by atoms with E-state index in [4.69, 9.17) is 0 Å². The van der Waals surface area contributed by atoms with Crippen molar-refractivity contribution in [2.45, 2.75) is 49.8 Å². The highest BCUT2D eigenvalue weighted by Gasteiger charge is 2.19. The molecule has 0 unspecified atom stereocenters. The second-order valence-corrected chi connectivity index (χ2v) is 10.4. The van der Waals surface area contributed by atoms with E-state index in [1.54, 1.807) is 11.8 Å². The molecule has 2 N–H and O–H groups in total. The summed E-state index contributed by atoms with van der Waals surface area (Å²) < 4.78 is 0. The molecule has 4 nitrogen and oxygen atoms in total. The van der Waals surface area contributed by atoms with Crippen LogP contribution in [0, 0.1) is 0 Å². The van der Waals surface area contributed by atoms with Crippen LogP contribution in [-0.4, -0.2) is 38.9 Å². The number of unbranched alkanes of at least 4 members (excludes halogenated alkanes) is 1. The first kappa shape index (κ1) is 20.0. The van der Waals surface area contributed by atoms with Crippen LogP contribution in [0.25, 0.3) is 11.0 Å². The van der Waals surface area contributed by atoms with E-state index in [1.165, 1.54) is 18.6 Å². The number of benzene rings is 1. The normalized spacial score (nSPS) is 18.3. The average molecular weight is 410 g/mol. The Morgan fingerprint density at radius 3 is 3.08 bits per heavy atom. The smallest absolute Gasteiger partial charge is 0.220 e. The van der Waals surface area contributed by atoms with Gasteiger partial charge >= 0.3 is 0 Å². The van der Waals surface area contributed by atoms with E-state index in [0.717, 1.165) is 47.1 Å². The number of para-hydroxylation sites is 2. The van der Waals surface area contributed by atoms with Crippen molar-refractivity contribution >= 4 is 50.3 Å². The third-order valence-electron chi connectivity index (χ3n) is 4.59. The van der Waals surface area contributed by atoms with Gasteiger partial charge in [-0.25, -0.2) is 4.98 Å². The molecule has 0 spiro atoms. The lowest BCUT2D eigenvalue weighted by atomic mass is 10.1. The van der Waals surface area contributed by atoms with Crippen molar-refractivity contribution in [1.82, 2.24) is 15.3 Å². The second-order valence-electron chi connectivity index (χ2n) is 6.62. The number of aromatic nitrogens is 2. The third kappa shape index (κ3) is 5.86. The highest BCUT2D eigenvalue weighted by atomic mass is 33.1. The molecule has 0 radical (unpaired) electrons. The number of carbonyl (C=O) groups excluding carboxylic acids is 1. The van der Waals surface area contributed by atoms with Gasteiger partial charge in [0.25, 0.3) is 0 Å². The number of nitrogens with one attached hydrogen (secondary N) is 2. The van der Waals surface area contributed by atoms with Crippen LogP contribution in [-0.2, 0) is 4.79 Å². The summed E-state index contributed by atoms with van der Waals surface area (Å²) in [5.74, 6) is 3.29. The van der Waals surface area contributed by atoms with Crippen LogP contribution < -0.4 is 5.32 Å². The highest BCUT2D eigenvalue weighted by Crippen LogP contribution is 2.39. The molecule has 1 aromatic heterocycles. The molecule has 0 saturated carbocycles. The van der Waals surface area contributed by atoms with Crippen molar-refractivity contribution in [2.75, 3.05) is 17.8 Å². The molecule has 0 bridgehead atoms. The molecule has 1 saturated heterocycles. The fourth-order valence-corrected chi connectivity index (χ4v) is 6.64. The summed E-state index contributed by atoms with van der Waals surface area (Å²) >= 11 is 1.80. The van der Waals surface area contributed by atoms with Crippen molar-refractivity contribution in [3.05, 3.63) is 30.1 Å². The number of amides is 1. The predicted octanol–water partition coefficient (Wildman–Crippen LogP) is 5.19. The van der Waals surface area contributed by atoms with E-state index >= 15 is 0 Å². The summed E-state index contributed by atoms with van der Waals surface area (Å²) in [4.78, 5) is 20.5. The Bertz CT molecular complexity index is 667. The number of rotatable bonds is 10. The van der Waals surface area contributed by atoms with Crippen LogP contribution >= 0.6 is 33.3 Å². The summed E-state index contributed by atoms with van der Waals surface area (Å²) in [6.07, 6.45) is 8.28. The van der Waals surface area contributed by atoms with Crippen molar-refractivity contribution < 1.29 is 4.79 Å². The van der Waals surface area contributed by atoms with Crippen LogP contribution in [0.2, 0.25) is 0 Å². The second kappa shape index (κ2) is 10.5. The molecule has 1 fully saturated rings. The molecule has 1 aliphatic heterocycles. The van der Waals surface area contributed by atoms with Gasteiger partial charge in [-0.15, -0.1) is 0 Å². The number of imidazole rings is 1. The zero-order valence-electron chi connectivity index (χ0n) is 15.2. The van der Waals surface area contributed by atoms with Gasteiger partial charge in [0.2, 0.25) is 5.91 Å². The van der Waals surface area contributed by atoms with Crippen molar-refractivity contribution in [3.8, 4) is 0 Å². The molecule has 1 aromatic carbocycles. The lowest BCUT2D eigenvalue weighted by molar-refractivity contribution is -0.122. The van der Waals surface area contributed by atoms with Crippen LogP contribution in [0.5, 0.6) is 0 Å². The van der Waals surface area contributed by atoms with Crippen LogP contribution in [0.15, 0.2) is 24.3 Å². The van der Waals surface area contributed by atoms with E-state index in [-0.39, 0.29) is 11.9 Å². The molecular weight excluding hydrogens is 382 g/mol. The molecule has 1 amide bonds. The molecule has 2 heterocycles. The lowest BCUT2D eigenvalue weighted by Crippen LogP contribution is -2.29. The van der Waals surface area contributed by atoms with Crippen LogP contribution in [0.1, 0.15) is 50.4 Å². The highest BCUT2D eigenvalue weighted by molar-refractivity contribution is 8.77. The molecule has 0 aliphatic carbocycles. The Labute approximate surface area is 167 Å². The summed E-state index contributed by atoms with van der Waals surface area (Å²) in [7, 11) is 4.01. The first-order valence-electron chi connectivity index (χ1n) is 9.27. The number of thioether (sulfide) groups is 1.